The number of thioether (sulfide) groups is 1. The van der Waals surface area contributed by atoms with Gasteiger partial charge in [0.05, 0.1) is 5.69 Å². The van der Waals surface area contributed by atoms with Crippen LogP contribution in [0.15, 0.2) is 35.5 Å². The number of halogens is 2. The van der Waals surface area contributed by atoms with Crippen molar-refractivity contribution >= 4 is 23.4 Å². The third-order valence-corrected chi connectivity index (χ3v) is 3.11. The van der Waals surface area contributed by atoms with E-state index in [2.05, 4.69) is 15.4 Å². The molecule has 0 bridgehead atoms. The number of anilines is 1. The van der Waals surface area contributed by atoms with Gasteiger partial charge >= 0.3 is 0 Å². The van der Waals surface area contributed by atoms with Crippen LogP contribution in [0.25, 0.3) is 0 Å². The molecule has 1 heterocycles. The number of carbonyl (C=O) groups is 1. The van der Waals surface area contributed by atoms with Crippen LogP contribution < -0.4 is 5.32 Å². The molecule has 1 amide bonds. The Balaban J connectivity index is 2.04. The van der Waals surface area contributed by atoms with Crippen LogP contribution >= 0.6 is 11.8 Å². The molecule has 108 valence electrons. The molecule has 1 N–H and O–H groups in total. The lowest BCUT2D eigenvalue weighted by molar-refractivity contribution is -0.116. The van der Waals surface area contributed by atoms with Crippen molar-refractivity contribution < 1.29 is 13.6 Å². The molecule has 6 nitrogen and oxygen atoms in total. The molecule has 0 radical (unpaired) electrons. The van der Waals surface area contributed by atoms with E-state index in [1.807, 2.05) is 0 Å². The molecule has 0 fully saturated rings. The quantitative estimate of drug-likeness (QED) is 0.855. The van der Waals surface area contributed by atoms with Crippen molar-refractivity contribution in [1.82, 2.24) is 14.8 Å². The SMILES string of the molecule is N#Cc1ncn(CC(=O)Nc2ccccc2SC(F)F)n1. The van der Waals surface area contributed by atoms with E-state index in [4.69, 9.17) is 5.26 Å². The Kier molecular flexibility index (Phi) is 4.84. The Morgan fingerprint density at radius 2 is 2.24 bits per heavy atom. The van der Waals surface area contributed by atoms with Gasteiger partial charge in [0.25, 0.3) is 11.6 Å². The zero-order chi connectivity index (χ0) is 15.2. The van der Waals surface area contributed by atoms with Gasteiger partial charge in [-0.3, -0.25) is 4.79 Å². The van der Waals surface area contributed by atoms with E-state index in [1.54, 1.807) is 18.2 Å². The van der Waals surface area contributed by atoms with Crippen LogP contribution in [0.5, 0.6) is 0 Å². The zero-order valence-electron chi connectivity index (χ0n) is 10.5. The summed E-state index contributed by atoms with van der Waals surface area (Å²) in [5.74, 6) is -3.07. The third kappa shape index (κ3) is 4.25. The van der Waals surface area contributed by atoms with Crippen molar-refractivity contribution in [3.63, 3.8) is 0 Å². The van der Waals surface area contributed by atoms with E-state index in [0.29, 0.717) is 17.4 Å². The first-order valence-electron chi connectivity index (χ1n) is 5.71. The Bertz CT molecular complexity index is 682. The summed E-state index contributed by atoms with van der Waals surface area (Å²) in [6.07, 6.45) is 1.25. The summed E-state index contributed by atoms with van der Waals surface area (Å²) in [7, 11) is 0. The van der Waals surface area contributed by atoms with Crippen molar-refractivity contribution in [2.45, 2.75) is 17.2 Å². The lowest BCUT2D eigenvalue weighted by atomic mass is 10.3. The monoisotopic (exact) mass is 309 g/mol. The fourth-order valence-electron chi connectivity index (χ4n) is 1.53. The highest BCUT2D eigenvalue weighted by Gasteiger charge is 2.12. The van der Waals surface area contributed by atoms with Crippen molar-refractivity contribution in [1.29, 1.82) is 5.26 Å². The Morgan fingerprint density at radius 1 is 1.48 bits per heavy atom. The van der Waals surface area contributed by atoms with Crippen LogP contribution in [0.4, 0.5) is 14.5 Å². The van der Waals surface area contributed by atoms with Crippen LogP contribution in [0.1, 0.15) is 5.82 Å². The number of benzene rings is 1. The van der Waals surface area contributed by atoms with Crippen molar-refractivity contribution in [3.05, 3.63) is 36.4 Å². The lowest BCUT2D eigenvalue weighted by Gasteiger charge is -2.10. The summed E-state index contributed by atoms with van der Waals surface area (Å²) >= 11 is 0.355. The number of nitriles is 1. The third-order valence-electron chi connectivity index (χ3n) is 2.32. The van der Waals surface area contributed by atoms with Crippen molar-refractivity contribution in [2.24, 2.45) is 0 Å². The van der Waals surface area contributed by atoms with E-state index in [-0.39, 0.29) is 17.3 Å². The largest absolute Gasteiger partial charge is 0.323 e. The molecule has 0 aliphatic rings. The molecule has 9 heteroatoms. The van der Waals surface area contributed by atoms with E-state index >= 15 is 0 Å². The van der Waals surface area contributed by atoms with Crippen LogP contribution in [0.2, 0.25) is 0 Å². The maximum atomic E-state index is 12.4. The lowest BCUT2D eigenvalue weighted by Crippen LogP contribution is -2.19. The van der Waals surface area contributed by atoms with E-state index in [9.17, 15) is 13.6 Å². The molecule has 1 aromatic heterocycles. The standard InChI is InChI=1S/C12H9F2N5OS/c13-12(14)21-9-4-2-1-3-8(9)17-11(20)6-19-7-16-10(5-15)18-19/h1-4,7,12H,6H2,(H,17,20). The number of nitrogens with zero attached hydrogens (tertiary/aromatic N) is 4. The van der Waals surface area contributed by atoms with E-state index in [1.165, 1.54) is 23.1 Å². The van der Waals surface area contributed by atoms with Gasteiger partial charge in [-0.05, 0) is 12.1 Å². The molecule has 0 saturated heterocycles. The zero-order valence-corrected chi connectivity index (χ0v) is 11.3. The van der Waals surface area contributed by atoms with Gasteiger partial charge in [0, 0.05) is 4.90 Å². The van der Waals surface area contributed by atoms with Gasteiger partial charge in [0.2, 0.25) is 5.91 Å². The minimum atomic E-state index is -2.57. The van der Waals surface area contributed by atoms with Crippen LogP contribution in [0.3, 0.4) is 0 Å². The predicted octanol–water partition coefficient (Wildman–Crippen LogP) is 2.10. The highest BCUT2D eigenvalue weighted by Crippen LogP contribution is 2.31. The minimum Gasteiger partial charge on any atom is -0.323 e. The molecule has 21 heavy (non-hydrogen) atoms. The summed E-state index contributed by atoms with van der Waals surface area (Å²) in [6, 6.07) is 8.01. The first-order chi connectivity index (χ1) is 10.1. The topological polar surface area (TPSA) is 83.6 Å². The molecule has 0 atom stereocenters. The summed E-state index contributed by atoms with van der Waals surface area (Å²) < 4.78 is 26.0. The van der Waals surface area contributed by atoms with Gasteiger partial charge < -0.3 is 5.32 Å². The summed E-state index contributed by atoms with van der Waals surface area (Å²) in [4.78, 5) is 15.8. The molecular weight excluding hydrogens is 300 g/mol. The van der Waals surface area contributed by atoms with Gasteiger partial charge in [-0.25, -0.2) is 9.67 Å². The molecule has 0 aliphatic carbocycles. The van der Waals surface area contributed by atoms with Crippen LogP contribution in [-0.4, -0.2) is 26.4 Å². The molecule has 2 rings (SSSR count). The number of nitrogens with one attached hydrogen (secondary N) is 1. The fourth-order valence-corrected chi connectivity index (χ4v) is 2.12. The second-order valence-corrected chi connectivity index (χ2v) is 4.83. The number of carbonyl (C=O) groups excluding carboxylic acids is 1. The second kappa shape index (κ2) is 6.81. The number of para-hydroxylation sites is 1. The first kappa shape index (κ1) is 14.9. The maximum Gasteiger partial charge on any atom is 0.288 e. The fraction of sp³-hybridized carbons (Fsp3) is 0.167. The molecule has 0 unspecified atom stereocenters. The first-order valence-corrected chi connectivity index (χ1v) is 6.59. The Labute approximate surface area is 122 Å². The number of hydrogen-bond donors (Lipinski definition) is 1. The second-order valence-electron chi connectivity index (χ2n) is 3.80. The van der Waals surface area contributed by atoms with Gasteiger partial charge in [-0.2, -0.15) is 14.0 Å². The van der Waals surface area contributed by atoms with E-state index < -0.39 is 11.7 Å². The van der Waals surface area contributed by atoms with Gasteiger partial charge in [-0.15, -0.1) is 5.10 Å². The molecule has 1 aromatic carbocycles. The van der Waals surface area contributed by atoms with Gasteiger partial charge in [0.1, 0.15) is 18.9 Å². The molecule has 0 aliphatic heterocycles. The number of alkyl halides is 2. The normalized spacial score (nSPS) is 10.4. The number of hydrogen-bond acceptors (Lipinski definition) is 5. The average molecular weight is 309 g/mol. The molecule has 0 saturated carbocycles. The Hall–Kier alpha value is -2.47. The number of amides is 1. The summed E-state index contributed by atoms with van der Waals surface area (Å²) in [6.45, 7) is -0.164. The molecular formula is C12H9F2N5OS. The number of aromatic nitrogens is 3. The smallest absolute Gasteiger partial charge is 0.288 e. The summed E-state index contributed by atoms with van der Waals surface area (Å²) in [5, 5.41) is 14.8. The highest BCUT2D eigenvalue weighted by molar-refractivity contribution is 7.99. The Morgan fingerprint density at radius 3 is 2.90 bits per heavy atom. The predicted molar refractivity (Wildman–Crippen MR) is 71.7 cm³/mol. The van der Waals surface area contributed by atoms with E-state index in [0.717, 1.165) is 0 Å². The highest BCUT2D eigenvalue weighted by atomic mass is 32.2. The van der Waals surface area contributed by atoms with Crippen LogP contribution in [-0.2, 0) is 11.3 Å². The van der Waals surface area contributed by atoms with Crippen molar-refractivity contribution in [2.75, 3.05) is 5.32 Å². The van der Waals surface area contributed by atoms with Gasteiger partial charge in [-0.1, -0.05) is 23.9 Å². The molecule has 2 aromatic rings. The maximum absolute atomic E-state index is 12.4. The minimum absolute atomic E-state index is 0.0449. The van der Waals surface area contributed by atoms with Crippen LogP contribution in [0, 0.1) is 11.3 Å². The summed E-state index contributed by atoms with van der Waals surface area (Å²) in [5.41, 5.74) is 0.299. The molecule has 0 spiro atoms. The average Bonchev–Trinajstić information content (AvgIpc) is 2.88. The van der Waals surface area contributed by atoms with Crippen molar-refractivity contribution in [3.8, 4) is 6.07 Å². The van der Waals surface area contributed by atoms with Gasteiger partial charge in [0.15, 0.2) is 0 Å². The number of rotatable bonds is 5.